The van der Waals surface area contributed by atoms with Gasteiger partial charge in [-0.3, -0.25) is 0 Å². The normalized spacial score (nSPS) is 47.0. The van der Waals surface area contributed by atoms with E-state index in [9.17, 15) is 0 Å². The fourth-order valence-corrected chi connectivity index (χ4v) is 5.27. The van der Waals surface area contributed by atoms with Gasteiger partial charge in [0.25, 0.3) is 0 Å². The average molecular weight is 225 g/mol. The van der Waals surface area contributed by atoms with Gasteiger partial charge < -0.3 is 5.32 Å². The molecule has 1 heterocycles. The minimum absolute atomic E-state index is 0.489. The van der Waals surface area contributed by atoms with Crippen LogP contribution in [0.1, 0.15) is 51.9 Å². The summed E-state index contributed by atoms with van der Waals surface area (Å²) in [5.74, 6) is 3.55. The summed E-state index contributed by atoms with van der Waals surface area (Å²) in [7, 11) is 0. The molecule has 1 aliphatic heterocycles. The first-order chi connectivity index (χ1) is 7.27. The first-order valence-corrected chi connectivity index (χ1v) is 7.68. The molecule has 0 aromatic carbocycles. The molecule has 1 spiro atoms. The van der Waals surface area contributed by atoms with Crippen LogP contribution in [0.15, 0.2) is 0 Å². The van der Waals surface area contributed by atoms with Crippen LogP contribution in [0.4, 0.5) is 0 Å². The second-order valence-electron chi connectivity index (χ2n) is 5.87. The van der Waals surface area contributed by atoms with Crippen molar-refractivity contribution in [3.05, 3.63) is 0 Å². The summed E-state index contributed by atoms with van der Waals surface area (Å²) in [6, 6.07) is 0.754. The maximum absolute atomic E-state index is 3.91. The molecule has 1 N–H and O–H groups in total. The Labute approximate surface area is 97.8 Å². The molecule has 3 atom stereocenters. The van der Waals surface area contributed by atoms with Gasteiger partial charge in [0, 0.05) is 6.04 Å². The fourth-order valence-electron chi connectivity index (χ4n) is 3.50. The molecule has 0 aromatic heterocycles. The highest BCUT2D eigenvalue weighted by Gasteiger charge is 2.43. The Bertz CT molecular complexity index is 235. The molecule has 86 valence electrons. The SMILES string of the molecule is CC1CCSC2(CCCC(C3CC3)C2)N1. The standard InChI is InChI=1S/C13H23NS/c1-10-6-8-15-13(14-10)7-2-3-12(9-13)11-4-5-11/h10-12,14H,2-9H2,1H3. The lowest BCUT2D eigenvalue weighted by Gasteiger charge is -2.46. The number of hydrogen-bond acceptors (Lipinski definition) is 2. The zero-order valence-electron chi connectivity index (χ0n) is 9.80. The average Bonchev–Trinajstić information content (AvgIpc) is 3.00. The Morgan fingerprint density at radius 2 is 2.00 bits per heavy atom. The predicted octanol–water partition coefficient (Wildman–Crippen LogP) is 3.40. The molecule has 1 nitrogen and oxygen atoms in total. The van der Waals surface area contributed by atoms with Crippen molar-refractivity contribution < 1.29 is 0 Å². The molecule has 15 heavy (non-hydrogen) atoms. The van der Waals surface area contributed by atoms with Gasteiger partial charge in [0.2, 0.25) is 0 Å². The van der Waals surface area contributed by atoms with Crippen molar-refractivity contribution in [2.45, 2.75) is 62.8 Å². The van der Waals surface area contributed by atoms with Gasteiger partial charge in [-0.1, -0.05) is 6.42 Å². The van der Waals surface area contributed by atoms with E-state index in [1.165, 1.54) is 50.7 Å². The zero-order chi connectivity index (χ0) is 10.3. The summed E-state index contributed by atoms with van der Waals surface area (Å²) in [5.41, 5.74) is 0. The highest BCUT2D eigenvalue weighted by atomic mass is 32.2. The largest absolute Gasteiger partial charge is 0.300 e. The van der Waals surface area contributed by atoms with Crippen LogP contribution in [0.5, 0.6) is 0 Å². The van der Waals surface area contributed by atoms with Crippen molar-refractivity contribution in [1.29, 1.82) is 0 Å². The lowest BCUT2D eigenvalue weighted by atomic mass is 9.81. The molecule has 3 aliphatic rings. The summed E-state index contributed by atoms with van der Waals surface area (Å²) in [6.07, 6.45) is 10.3. The summed E-state index contributed by atoms with van der Waals surface area (Å²) >= 11 is 2.23. The van der Waals surface area contributed by atoms with E-state index >= 15 is 0 Å². The Kier molecular flexibility index (Phi) is 2.76. The Hall–Kier alpha value is 0.310. The summed E-state index contributed by atoms with van der Waals surface area (Å²) < 4.78 is 0. The third kappa shape index (κ3) is 2.21. The van der Waals surface area contributed by atoms with E-state index in [1.807, 2.05) is 0 Å². The fraction of sp³-hybridized carbons (Fsp3) is 1.00. The van der Waals surface area contributed by atoms with E-state index in [2.05, 4.69) is 24.0 Å². The van der Waals surface area contributed by atoms with Crippen molar-refractivity contribution in [3.63, 3.8) is 0 Å². The maximum Gasteiger partial charge on any atom is 0.0650 e. The Morgan fingerprint density at radius 3 is 2.73 bits per heavy atom. The van der Waals surface area contributed by atoms with Crippen molar-refractivity contribution in [2.75, 3.05) is 5.75 Å². The summed E-state index contributed by atoms with van der Waals surface area (Å²) in [6.45, 7) is 2.36. The van der Waals surface area contributed by atoms with Gasteiger partial charge in [0.15, 0.2) is 0 Å². The van der Waals surface area contributed by atoms with Gasteiger partial charge in [0.1, 0.15) is 0 Å². The molecule has 0 bridgehead atoms. The Morgan fingerprint density at radius 1 is 1.13 bits per heavy atom. The molecule has 0 aromatic rings. The minimum Gasteiger partial charge on any atom is -0.300 e. The second kappa shape index (κ2) is 3.96. The van der Waals surface area contributed by atoms with Crippen LogP contribution in [0.3, 0.4) is 0 Å². The summed E-state index contributed by atoms with van der Waals surface area (Å²) in [4.78, 5) is 0.489. The first kappa shape index (κ1) is 10.5. The van der Waals surface area contributed by atoms with E-state index in [4.69, 9.17) is 0 Å². The van der Waals surface area contributed by atoms with Gasteiger partial charge in [-0.05, 0) is 63.0 Å². The predicted molar refractivity (Wildman–Crippen MR) is 67.1 cm³/mol. The smallest absolute Gasteiger partial charge is 0.0650 e. The van der Waals surface area contributed by atoms with Crippen LogP contribution < -0.4 is 5.32 Å². The molecule has 2 saturated carbocycles. The van der Waals surface area contributed by atoms with Crippen molar-refractivity contribution in [1.82, 2.24) is 5.32 Å². The molecule has 3 unspecified atom stereocenters. The van der Waals surface area contributed by atoms with Gasteiger partial charge in [-0.25, -0.2) is 0 Å². The van der Waals surface area contributed by atoms with E-state index in [1.54, 1.807) is 0 Å². The highest BCUT2D eigenvalue weighted by Crippen LogP contribution is 2.50. The highest BCUT2D eigenvalue weighted by molar-refractivity contribution is 8.00. The third-order valence-electron chi connectivity index (χ3n) is 4.47. The van der Waals surface area contributed by atoms with Crippen molar-refractivity contribution in [3.8, 4) is 0 Å². The lowest BCUT2D eigenvalue weighted by Crippen LogP contribution is -2.53. The summed E-state index contributed by atoms with van der Waals surface area (Å²) in [5, 5.41) is 3.91. The monoisotopic (exact) mass is 225 g/mol. The van der Waals surface area contributed by atoms with Crippen LogP contribution in [-0.2, 0) is 0 Å². The molecular formula is C13H23NS. The Balaban J connectivity index is 1.67. The van der Waals surface area contributed by atoms with E-state index in [0.717, 1.165) is 17.9 Å². The topological polar surface area (TPSA) is 12.0 Å². The number of hydrogen-bond donors (Lipinski definition) is 1. The van der Waals surface area contributed by atoms with Crippen LogP contribution >= 0.6 is 11.8 Å². The van der Waals surface area contributed by atoms with Crippen LogP contribution in [0, 0.1) is 11.8 Å². The first-order valence-electron chi connectivity index (χ1n) is 6.69. The van der Waals surface area contributed by atoms with E-state index in [-0.39, 0.29) is 0 Å². The van der Waals surface area contributed by atoms with Crippen molar-refractivity contribution in [2.24, 2.45) is 11.8 Å². The van der Waals surface area contributed by atoms with Crippen LogP contribution in [0.2, 0.25) is 0 Å². The maximum atomic E-state index is 3.91. The molecular weight excluding hydrogens is 202 g/mol. The molecule has 2 heteroatoms. The second-order valence-corrected chi connectivity index (χ2v) is 7.35. The molecule has 3 rings (SSSR count). The van der Waals surface area contributed by atoms with Gasteiger partial charge in [-0.2, -0.15) is 0 Å². The minimum atomic E-state index is 0.489. The van der Waals surface area contributed by atoms with Crippen LogP contribution in [0.25, 0.3) is 0 Å². The molecule has 0 radical (unpaired) electrons. The lowest BCUT2D eigenvalue weighted by molar-refractivity contribution is 0.218. The van der Waals surface area contributed by atoms with Gasteiger partial charge in [0.05, 0.1) is 4.87 Å². The quantitative estimate of drug-likeness (QED) is 0.734. The van der Waals surface area contributed by atoms with Crippen LogP contribution in [-0.4, -0.2) is 16.7 Å². The van der Waals surface area contributed by atoms with Gasteiger partial charge in [-0.15, -0.1) is 11.8 Å². The van der Waals surface area contributed by atoms with E-state index in [0.29, 0.717) is 4.87 Å². The van der Waals surface area contributed by atoms with Gasteiger partial charge >= 0.3 is 0 Å². The molecule has 3 fully saturated rings. The third-order valence-corrected chi connectivity index (χ3v) is 5.96. The van der Waals surface area contributed by atoms with E-state index < -0.39 is 0 Å². The number of nitrogens with one attached hydrogen (secondary N) is 1. The molecule has 1 saturated heterocycles. The zero-order valence-corrected chi connectivity index (χ0v) is 10.6. The number of rotatable bonds is 1. The molecule has 2 aliphatic carbocycles. The molecule has 0 amide bonds. The van der Waals surface area contributed by atoms with Crippen molar-refractivity contribution >= 4 is 11.8 Å². The number of thioether (sulfide) groups is 1.